The van der Waals surface area contributed by atoms with Crippen LogP contribution in [0.5, 0.6) is 0 Å². The first-order chi connectivity index (χ1) is 28.7. The number of carbonyl (C=O) groups is 2. The number of likely N-dealkylation sites (N-methyl/N-ethyl adjacent to an activating group) is 1. The van der Waals surface area contributed by atoms with E-state index in [1.54, 1.807) is 0 Å². The third-order valence-electron chi connectivity index (χ3n) is 10.1. The van der Waals surface area contributed by atoms with Crippen LogP contribution in [0.15, 0.2) is 65.2 Å². The smallest absolute Gasteiger partial charge is 0.306 e. The number of phosphoric ester groups is 1. The molecule has 1 aliphatic rings. The molecule has 0 spiro atoms. The van der Waals surface area contributed by atoms with E-state index in [1.165, 1.54) is 11.1 Å². The molecule has 12 heteroatoms. The molecule has 0 aliphatic carbocycles. The summed E-state index contributed by atoms with van der Waals surface area (Å²) in [4.78, 5) is 37.7. The monoisotopic (exact) mass is 860 g/mol. The fraction of sp³-hybridized carbons (Fsp3) is 0.667. The molecule has 11 nitrogen and oxygen atoms in total. The fourth-order valence-corrected chi connectivity index (χ4v) is 7.03. The average Bonchev–Trinajstić information content (AvgIpc) is 3.89. The van der Waals surface area contributed by atoms with Crippen molar-refractivity contribution in [1.29, 1.82) is 0 Å². The van der Waals surface area contributed by atoms with Crippen LogP contribution < -0.4 is 4.89 Å². The number of unbranched alkanes of at least 4 members (excludes halogenated alkanes) is 5. The average molecular weight is 860 g/mol. The number of hydrogen-bond donors (Lipinski definition) is 0. The summed E-state index contributed by atoms with van der Waals surface area (Å²) in [5.41, 5.74) is 2.55. The predicted octanol–water partition coefficient (Wildman–Crippen LogP) is 10.5. The van der Waals surface area contributed by atoms with Crippen molar-refractivity contribution in [2.75, 3.05) is 47.5 Å². The van der Waals surface area contributed by atoms with Gasteiger partial charge in [-0.3, -0.25) is 14.2 Å². The molecular weight excluding hydrogens is 781 g/mol. The largest absolute Gasteiger partial charge is 0.756 e. The number of epoxide rings is 1. The lowest BCUT2D eigenvalue weighted by Crippen LogP contribution is -2.37. The van der Waals surface area contributed by atoms with E-state index in [1.807, 2.05) is 33.3 Å². The van der Waals surface area contributed by atoms with Gasteiger partial charge >= 0.3 is 11.9 Å². The third-order valence-corrected chi connectivity index (χ3v) is 11.1. The second kappa shape index (κ2) is 30.9. The van der Waals surface area contributed by atoms with Crippen molar-refractivity contribution < 1.29 is 51.2 Å². The van der Waals surface area contributed by atoms with Gasteiger partial charge in [-0.05, 0) is 89.2 Å². The summed E-state index contributed by atoms with van der Waals surface area (Å²) in [6.07, 6.45) is 36.0. The van der Waals surface area contributed by atoms with E-state index in [4.69, 9.17) is 27.7 Å². The molecule has 1 fully saturated rings. The highest BCUT2D eigenvalue weighted by Crippen LogP contribution is 2.38. The van der Waals surface area contributed by atoms with E-state index < -0.39 is 32.5 Å². The first-order valence-electron chi connectivity index (χ1n) is 22.5. The lowest BCUT2D eigenvalue weighted by atomic mass is 10.0. The van der Waals surface area contributed by atoms with Crippen molar-refractivity contribution in [2.45, 2.75) is 162 Å². The first-order valence-corrected chi connectivity index (χ1v) is 23.9. The Morgan fingerprint density at radius 2 is 1.28 bits per heavy atom. The van der Waals surface area contributed by atoms with Gasteiger partial charge in [0, 0.05) is 25.7 Å². The Labute approximate surface area is 362 Å². The standard InChI is InChI=1S/C48H78NO10P/c1-8-10-25-32-45-46(59-45)33-27-22-17-15-13-11-12-14-16-18-23-28-34-47(50)54-38-42(39-56-60(52,53)55-37-36-49(5,6)7)57-48(51)35-29-24-20-19-21-26-31-44-41(4)40(3)43(58-44)30-9-2/h10,12-15,18,22-23,25,27,42,45-46H,8-9,11,16-17,19-21,24,26,28-39H2,1-7H3/b14-12-,15-13-,23-18-,25-10-,27-22-/t42-,45?,46?/m1/s1. The molecule has 2 rings (SSSR count). The van der Waals surface area contributed by atoms with Crippen LogP contribution in [0.1, 0.15) is 139 Å². The minimum absolute atomic E-state index is 0.0562. The summed E-state index contributed by atoms with van der Waals surface area (Å²) in [6.45, 7) is 8.15. The number of rotatable bonds is 35. The molecule has 0 bridgehead atoms. The van der Waals surface area contributed by atoms with E-state index in [0.717, 1.165) is 101 Å². The summed E-state index contributed by atoms with van der Waals surface area (Å²) >= 11 is 0. The summed E-state index contributed by atoms with van der Waals surface area (Å²) in [6, 6.07) is 0. The van der Waals surface area contributed by atoms with Crippen LogP contribution in [0.3, 0.4) is 0 Å². The summed E-state index contributed by atoms with van der Waals surface area (Å²) in [5, 5.41) is 0. The van der Waals surface area contributed by atoms with Crippen molar-refractivity contribution >= 4 is 19.8 Å². The number of furan rings is 1. The topological polar surface area (TPSA) is 137 Å². The number of phosphoric acid groups is 1. The number of allylic oxidation sites excluding steroid dienone is 8. The van der Waals surface area contributed by atoms with E-state index >= 15 is 0 Å². The van der Waals surface area contributed by atoms with Gasteiger partial charge < -0.3 is 37.1 Å². The molecular formula is C48H78NO10P. The van der Waals surface area contributed by atoms with Crippen LogP contribution in [-0.4, -0.2) is 82.2 Å². The molecule has 1 aromatic heterocycles. The maximum Gasteiger partial charge on any atom is 0.306 e. The number of ether oxygens (including phenoxy) is 3. The number of aryl methyl sites for hydroxylation is 2. The maximum absolute atomic E-state index is 12.7. The minimum Gasteiger partial charge on any atom is -0.756 e. The fourth-order valence-electron chi connectivity index (χ4n) is 6.30. The summed E-state index contributed by atoms with van der Waals surface area (Å²) in [5.74, 6) is 1.24. The quantitative estimate of drug-likeness (QED) is 0.0162. The van der Waals surface area contributed by atoms with E-state index in [9.17, 15) is 19.0 Å². The van der Waals surface area contributed by atoms with Crippen molar-refractivity contribution in [1.82, 2.24) is 0 Å². The van der Waals surface area contributed by atoms with Gasteiger partial charge in [0.15, 0.2) is 6.10 Å². The predicted molar refractivity (Wildman–Crippen MR) is 238 cm³/mol. The van der Waals surface area contributed by atoms with Crippen LogP contribution in [0, 0.1) is 13.8 Å². The molecule has 0 amide bonds. The van der Waals surface area contributed by atoms with Crippen LogP contribution in [0.2, 0.25) is 0 Å². The SMILES string of the molecule is CC/C=C\CC1OC1C/C=C\C/C=C\C/C=C\C/C=C\CCC(=O)OC[C@H](COP(=O)([O-])OCC[N+](C)(C)C)OC(=O)CCCCCCCCc1oc(CCC)c(C)c1C. The highest BCUT2D eigenvalue weighted by molar-refractivity contribution is 7.45. The van der Waals surface area contributed by atoms with E-state index in [0.29, 0.717) is 36.1 Å². The molecule has 60 heavy (non-hydrogen) atoms. The molecule has 4 atom stereocenters. The van der Waals surface area contributed by atoms with Gasteiger partial charge in [-0.25, -0.2) is 0 Å². The van der Waals surface area contributed by atoms with Gasteiger partial charge in [0.2, 0.25) is 0 Å². The van der Waals surface area contributed by atoms with Gasteiger partial charge in [-0.1, -0.05) is 100 Å². The first kappa shape index (κ1) is 53.1. The molecule has 1 aromatic rings. The van der Waals surface area contributed by atoms with E-state index in [-0.39, 0.29) is 26.1 Å². The van der Waals surface area contributed by atoms with Crippen molar-refractivity contribution in [2.24, 2.45) is 0 Å². The number of nitrogens with zero attached hydrogens (tertiary/aromatic N) is 1. The molecule has 1 saturated heterocycles. The van der Waals surface area contributed by atoms with Gasteiger partial charge in [-0.15, -0.1) is 0 Å². The number of esters is 2. The zero-order valence-corrected chi connectivity index (χ0v) is 38.9. The molecule has 340 valence electrons. The summed E-state index contributed by atoms with van der Waals surface area (Å²) < 4.78 is 45.7. The highest BCUT2D eigenvalue weighted by Gasteiger charge is 2.36. The van der Waals surface area contributed by atoms with Gasteiger partial charge in [0.05, 0.1) is 40.0 Å². The Morgan fingerprint density at radius 3 is 1.90 bits per heavy atom. The molecule has 0 aromatic carbocycles. The Morgan fingerprint density at radius 1 is 0.717 bits per heavy atom. The van der Waals surface area contributed by atoms with Crippen LogP contribution in [-0.2, 0) is 50.3 Å². The van der Waals surface area contributed by atoms with Crippen molar-refractivity contribution in [3.63, 3.8) is 0 Å². The number of hydrogen-bond acceptors (Lipinski definition) is 10. The zero-order chi connectivity index (χ0) is 44.1. The molecule has 0 saturated carbocycles. The number of quaternary nitrogens is 1. The molecule has 0 N–H and O–H groups in total. The van der Waals surface area contributed by atoms with Gasteiger partial charge in [0.25, 0.3) is 7.82 Å². The second-order valence-corrected chi connectivity index (χ2v) is 18.1. The van der Waals surface area contributed by atoms with Crippen LogP contribution >= 0.6 is 7.82 Å². The highest BCUT2D eigenvalue weighted by atomic mass is 31.2. The summed E-state index contributed by atoms with van der Waals surface area (Å²) in [7, 11) is 1.08. The second-order valence-electron chi connectivity index (χ2n) is 16.7. The molecule has 1 aliphatic heterocycles. The molecule has 2 heterocycles. The Balaban J connectivity index is 1.66. The van der Waals surface area contributed by atoms with Crippen molar-refractivity contribution in [3.8, 4) is 0 Å². The third kappa shape index (κ3) is 26.3. The van der Waals surface area contributed by atoms with Gasteiger partial charge in [0.1, 0.15) is 31.3 Å². The Kier molecular flexibility index (Phi) is 27.3. The lowest BCUT2D eigenvalue weighted by molar-refractivity contribution is -0.870. The Hall–Kier alpha value is -3.05. The van der Waals surface area contributed by atoms with Crippen LogP contribution in [0.4, 0.5) is 0 Å². The van der Waals surface area contributed by atoms with Crippen molar-refractivity contribution in [3.05, 3.63) is 83.4 Å². The number of carbonyl (C=O) groups excluding carboxylic acids is 2. The molecule has 3 unspecified atom stereocenters. The lowest BCUT2D eigenvalue weighted by Gasteiger charge is -2.28. The zero-order valence-electron chi connectivity index (χ0n) is 38.0. The normalized spacial score (nSPS) is 17.5. The van der Waals surface area contributed by atoms with E-state index in [2.05, 4.69) is 76.3 Å². The van der Waals surface area contributed by atoms with Gasteiger partial charge in [-0.2, -0.15) is 0 Å². The Bertz CT molecular complexity index is 1550. The molecule has 0 radical (unpaired) electrons. The maximum atomic E-state index is 12.7. The minimum atomic E-state index is -4.66. The van der Waals surface area contributed by atoms with Crippen LogP contribution in [0.25, 0.3) is 0 Å².